The van der Waals surface area contributed by atoms with E-state index >= 15 is 0 Å². The Morgan fingerprint density at radius 2 is 2.06 bits per heavy atom. The Kier molecular flexibility index (Phi) is 4.52. The van der Waals surface area contributed by atoms with E-state index < -0.39 is 0 Å². The van der Waals surface area contributed by atoms with Crippen molar-refractivity contribution in [2.24, 2.45) is 0 Å². The smallest absolute Gasteiger partial charge is 0.185 e. The second-order valence-corrected chi connectivity index (χ2v) is 4.99. The summed E-state index contributed by atoms with van der Waals surface area (Å²) in [4.78, 5) is 0. The van der Waals surface area contributed by atoms with Gasteiger partial charge in [0.05, 0.1) is 12.7 Å². The number of anilines is 1. The van der Waals surface area contributed by atoms with Crippen molar-refractivity contribution in [3.05, 3.63) is 30.3 Å². The monoisotopic (exact) mass is 265 g/mol. The molecule has 0 spiro atoms. The summed E-state index contributed by atoms with van der Waals surface area (Å²) >= 11 is 5.30. The van der Waals surface area contributed by atoms with Gasteiger partial charge in [0.15, 0.2) is 5.11 Å². The summed E-state index contributed by atoms with van der Waals surface area (Å²) in [7, 11) is 0. The van der Waals surface area contributed by atoms with Crippen LogP contribution in [0.4, 0.5) is 5.69 Å². The maximum absolute atomic E-state index is 5.57. The van der Waals surface area contributed by atoms with Gasteiger partial charge in [-0.25, -0.2) is 5.01 Å². The minimum absolute atomic E-state index is 0.230. The van der Waals surface area contributed by atoms with Gasteiger partial charge in [0.1, 0.15) is 0 Å². The molecule has 2 unspecified atom stereocenters. The molecule has 0 amide bonds. The number of hydrogen-bond donors (Lipinski definition) is 2. The molecule has 1 fully saturated rings. The van der Waals surface area contributed by atoms with Crippen molar-refractivity contribution in [3.8, 4) is 0 Å². The molecule has 0 saturated carbocycles. The number of para-hydroxylation sites is 1. The number of nitrogens with one attached hydrogen (secondary N) is 2. The van der Waals surface area contributed by atoms with Crippen molar-refractivity contribution in [2.45, 2.75) is 26.0 Å². The number of thiocarbonyl (C=S) groups is 1. The van der Waals surface area contributed by atoms with Crippen LogP contribution in [0.3, 0.4) is 0 Å². The predicted octanol–water partition coefficient (Wildman–Crippen LogP) is 2.00. The van der Waals surface area contributed by atoms with Crippen molar-refractivity contribution in [3.63, 3.8) is 0 Å². The molecule has 2 rings (SSSR count). The number of ether oxygens (including phenoxy) is 1. The Balaban J connectivity index is 1.87. The first-order valence-electron chi connectivity index (χ1n) is 6.16. The van der Waals surface area contributed by atoms with Crippen molar-refractivity contribution in [1.29, 1.82) is 0 Å². The van der Waals surface area contributed by atoms with Gasteiger partial charge in [-0.3, -0.25) is 5.43 Å². The lowest BCUT2D eigenvalue weighted by atomic mass is 10.2. The summed E-state index contributed by atoms with van der Waals surface area (Å²) in [6, 6.07) is 10.2. The zero-order valence-electron chi connectivity index (χ0n) is 10.7. The molecule has 1 heterocycles. The van der Waals surface area contributed by atoms with E-state index in [1.807, 2.05) is 30.3 Å². The van der Waals surface area contributed by atoms with Crippen LogP contribution in [0.1, 0.15) is 13.8 Å². The van der Waals surface area contributed by atoms with Gasteiger partial charge >= 0.3 is 0 Å². The van der Waals surface area contributed by atoms with E-state index in [0.717, 1.165) is 18.8 Å². The molecule has 1 aliphatic heterocycles. The molecule has 1 aromatic carbocycles. The molecule has 18 heavy (non-hydrogen) atoms. The van der Waals surface area contributed by atoms with Gasteiger partial charge in [-0.2, -0.15) is 0 Å². The molecule has 1 saturated heterocycles. The lowest BCUT2D eigenvalue weighted by Crippen LogP contribution is -2.56. The van der Waals surface area contributed by atoms with Gasteiger partial charge in [-0.15, -0.1) is 0 Å². The molecule has 2 N–H and O–H groups in total. The first-order chi connectivity index (χ1) is 8.65. The molecular formula is C13H19N3OS. The predicted molar refractivity (Wildman–Crippen MR) is 77.4 cm³/mol. The van der Waals surface area contributed by atoms with Crippen molar-refractivity contribution >= 4 is 23.0 Å². The maximum Gasteiger partial charge on any atom is 0.185 e. The minimum atomic E-state index is 0.230. The summed E-state index contributed by atoms with van der Waals surface area (Å²) in [6.07, 6.45) is 0.230. The third-order valence-corrected chi connectivity index (χ3v) is 3.08. The van der Waals surface area contributed by atoms with E-state index in [1.165, 1.54) is 0 Å². The van der Waals surface area contributed by atoms with E-state index in [2.05, 4.69) is 29.6 Å². The molecule has 0 aromatic heterocycles. The Morgan fingerprint density at radius 1 is 1.33 bits per heavy atom. The summed E-state index contributed by atoms with van der Waals surface area (Å²) in [5, 5.41) is 5.89. The topological polar surface area (TPSA) is 36.5 Å². The maximum atomic E-state index is 5.57. The second-order valence-electron chi connectivity index (χ2n) is 4.58. The van der Waals surface area contributed by atoms with Crippen LogP contribution < -0.4 is 10.7 Å². The van der Waals surface area contributed by atoms with Crippen LogP contribution in [0.2, 0.25) is 0 Å². The summed E-state index contributed by atoms with van der Waals surface area (Å²) < 4.78 is 5.57. The van der Waals surface area contributed by atoms with Gasteiger partial charge in [0.2, 0.25) is 0 Å². The average Bonchev–Trinajstić information content (AvgIpc) is 2.35. The van der Waals surface area contributed by atoms with Crippen LogP contribution in [0.25, 0.3) is 0 Å². The number of hydrogen-bond acceptors (Lipinski definition) is 3. The van der Waals surface area contributed by atoms with Crippen LogP contribution in [-0.2, 0) is 4.74 Å². The van der Waals surface area contributed by atoms with Crippen LogP contribution in [-0.4, -0.2) is 35.4 Å². The molecule has 98 valence electrons. The lowest BCUT2D eigenvalue weighted by Gasteiger charge is -2.37. The fourth-order valence-electron chi connectivity index (χ4n) is 1.87. The Labute approximate surface area is 113 Å². The van der Waals surface area contributed by atoms with E-state index in [1.54, 1.807) is 0 Å². The van der Waals surface area contributed by atoms with Crippen molar-refractivity contribution in [1.82, 2.24) is 10.4 Å². The lowest BCUT2D eigenvalue weighted by molar-refractivity contribution is -0.0604. The zero-order valence-corrected chi connectivity index (χ0v) is 11.5. The highest BCUT2D eigenvalue weighted by Gasteiger charge is 2.23. The molecule has 0 radical (unpaired) electrons. The molecule has 2 atom stereocenters. The van der Waals surface area contributed by atoms with Gasteiger partial charge in [0.25, 0.3) is 0 Å². The van der Waals surface area contributed by atoms with Crippen molar-refractivity contribution in [2.75, 3.05) is 18.5 Å². The summed E-state index contributed by atoms with van der Waals surface area (Å²) in [5.41, 5.74) is 4.21. The highest BCUT2D eigenvalue weighted by atomic mass is 32.1. The Hall–Kier alpha value is -1.17. The van der Waals surface area contributed by atoms with E-state index in [9.17, 15) is 0 Å². The number of morpholine rings is 1. The SMILES string of the molecule is CC1CN(NC(=S)Nc2ccccc2)C(C)CO1. The Bertz CT molecular complexity index is 398. The van der Waals surface area contributed by atoms with E-state index in [-0.39, 0.29) is 6.10 Å². The first-order valence-corrected chi connectivity index (χ1v) is 6.57. The summed E-state index contributed by atoms with van der Waals surface area (Å²) in [6.45, 7) is 5.73. The fourth-order valence-corrected chi connectivity index (χ4v) is 2.11. The highest BCUT2D eigenvalue weighted by Crippen LogP contribution is 2.09. The number of rotatable bonds is 2. The number of hydrazine groups is 1. The van der Waals surface area contributed by atoms with Crippen LogP contribution in [0.15, 0.2) is 30.3 Å². The number of nitrogens with zero attached hydrogens (tertiary/aromatic N) is 1. The van der Waals surface area contributed by atoms with E-state index in [0.29, 0.717) is 11.2 Å². The van der Waals surface area contributed by atoms with Gasteiger partial charge in [0, 0.05) is 18.3 Å². The quantitative estimate of drug-likeness (QED) is 0.800. The van der Waals surface area contributed by atoms with Gasteiger partial charge in [-0.1, -0.05) is 18.2 Å². The normalized spacial score (nSPS) is 24.6. The third-order valence-electron chi connectivity index (χ3n) is 2.88. The molecular weight excluding hydrogens is 246 g/mol. The minimum Gasteiger partial charge on any atom is -0.375 e. The standard InChI is InChI=1S/C13H19N3OS/c1-10-9-17-11(2)8-16(10)15-13(18)14-12-6-4-3-5-7-12/h3-7,10-11H,8-9H2,1-2H3,(H2,14,15,18). The molecule has 1 aliphatic rings. The van der Waals surface area contributed by atoms with Crippen LogP contribution >= 0.6 is 12.2 Å². The highest BCUT2D eigenvalue weighted by molar-refractivity contribution is 7.80. The average molecular weight is 265 g/mol. The molecule has 0 bridgehead atoms. The largest absolute Gasteiger partial charge is 0.375 e. The van der Waals surface area contributed by atoms with E-state index in [4.69, 9.17) is 17.0 Å². The zero-order chi connectivity index (χ0) is 13.0. The Morgan fingerprint density at radius 3 is 2.78 bits per heavy atom. The number of benzene rings is 1. The first kappa shape index (κ1) is 13.3. The van der Waals surface area contributed by atoms with Crippen LogP contribution in [0.5, 0.6) is 0 Å². The molecule has 1 aromatic rings. The van der Waals surface area contributed by atoms with Crippen molar-refractivity contribution < 1.29 is 4.74 Å². The molecule has 0 aliphatic carbocycles. The fraction of sp³-hybridized carbons (Fsp3) is 0.462. The summed E-state index contributed by atoms with van der Waals surface area (Å²) in [5.74, 6) is 0. The second kappa shape index (κ2) is 6.13. The van der Waals surface area contributed by atoms with Gasteiger partial charge < -0.3 is 10.1 Å². The molecule has 5 heteroatoms. The molecule has 4 nitrogen and oxygen atoms in total. The van der Waals surface area contributed by atoms with Gasteiger partial charge in [-0.05, 0) is 38.2 Å². The van der Waals surface area contributed by atoms with Crippen LogP contribution in [0, 0.1) is 0 Å². The third kappa shape index (κ3) is 3.66.